The molecule has 134 valence electrons. The van der Waals surface area contributed by atoms with E-state index >= 15 is 0 Å². The van der Waals surface area contributed by atoms with Gasteiger partial charge in [0.1, 0.15) is 0 Å². The molecule has 2 unspecified atom stereocenters. The smallest absolute Gasteiger partial charge is 0.0949 e. The second kappa shape index (κ2) is 8.23. The van der Waals surface area contributed by atoms with E-state index in [1.807, 2.05) is 37.2 Å². The van der Waals surface area contributed by atoms with Gasteiger partial charge in [-0.15, -0.1) is 0 Å². The number of nitrogens with one attached hydrogen (secondary N) is 3. The molecule has 1 fully saturated rings. The van der Waals surface area contributed by atoms with E-state index in [0.29, 0.717) is 12.0 Å². The summed E-state index contributed by atoms with van der Waals surface area (Å²) in [4.78, 5) is 8.31. The highest BCUT2D eigenvalue weighted by Gasteiger charge is 2.27. The van der Waals surface area contributed by atoms with Gasteiger partial charge >= 0.3 is 0 Å². The van der Waals surface area contributed by atoms with E-state index in [1.54, 1.807) is 0 Å². The van der Waals surface area contributed by atoms with Crippen LogP contribution >= 0.6 is 0 Å². The number of imidazole rings is 1. The van der Waals surface area contributed by atoms with Gasteiger partial charge in [0.25, 0.3) is 0 Å². The minimum atomic E-state index is 0.300. The Balaban J connectivity index is 1.27. The molecule has 1 aromatic carbocycles. The van der Waals surface area contributed by atoms with Crippen LogP contribution in [0.4, 0.5) is 0 Å². The summed E-state index contributed by atoms with van der Waals surface area (Å²) in [5.41, 5.74) is 10.5. The summed E-state index contributed by atoms with van der Waals surface area (Å²) < 4.78 is 2.08. The number of benzene rings is 1. The van der Waals surface area contributed by atoms with E-state index in [0.717, 1.165) is 26.2 Å². The molecule has 2 atom stereocenters. The normalized spacial score (nSPS) is 19.7. The van der Waals surface area contributed by atoms with Gasteiger partial charge in [-0.3, -0.25) is 10.4 Å². The van der Waals surface area contributed by atoms with Crippen molar-refractivity contribution in [1.82, 2.24) is 30.7 Å². The van der Waals surface area contributed by atoms with E-state index in [2.05, 4.69) is 61.0 Å². The molecule has 3 aromatic rings. The van der Waals surface area contributed by atoms with Crippen molar-refractivity contribution in [3.05, 3.63) is 84.2 Å². The molecule has 0 spiro atoms. The maximum absolute atomic E-state index is 4.23. The molecule has 1 aliphatic heterocycles. The molecule has 6 heteroatoms. The summed E-state index contributed by atoms with van der Waals surface area (Å²) in [6.07, 6.45) is 9.39. The van der Waals surface area contributed by atoms with Crippen LogP contribution in [0.1, 0.15) is 22.7 Å². The lowest BCUT2D eigenvalue weighted by molar-refractivity contribution is 0.441. The Morgan fingerprint density at radius 2 is 1.96 bits per heavy atom. The summed E-state index contributed by atoms with van der Waals surface area (Å²) >= 11 is 0. The Morgan fingerprint density at radius 1 is 1.08 bits per heavy atom. The number of pyridine rings is 1. The minimum Gasteiger partial charge on any atom is -0.333 e. The first-order valence-corrected chi connectivity index (χ1v) is 9.01. The third kappa shape index (κ3) is 4.16. The monoisotopic (exact) mass is 348 g/mol. The Labute approximate surface area is 153 Å². The zero-order valence-electron chi connectivity index (χ0n) is 14.7. The quantitative estimate of drug-likeness (QED) is 0.608. The van der Waals surface area contributed by atoms with Crippen molar-refractivity contribution < 1.29 is 0 Å². The van der Waals surface area contributed by atoms with Crippen molar-refractivity contribution in [3.63, 3.8) is 0 Å². The zero-order valence-corrected chi connectivity index (χ0v) is 14.7. The van der Waals surface area contributed by atoms with Crippen LogP contribution in [0.15, 0.2) is 67.5 Å². The first-order chi connectivity index (χ1) is 12.9. The Kier molecular flexibility index (Phi) is 5.35. The van der Waals surface area contributed by atoms with Crippen LogP contribution in [-0.4, -0.2) is 27.6 Å². The first-order valence-electron chi connectivity index (χ1n) is 9.01. The fourth-order valence-electron chi connectivity index (χ4n) is 3.40. The number of hydrazine groups is 1. The average molecular weight is 348 g/mol. The van der Waals surface area contributed by atoms with E-state index in [-0.39, 0.29) is 0 Å². The van der Waals surface area contributed by atoms with Crippen LogP contribution in [0.3, 0.4) is 0 Å². The Hall–Kier alpha value is -2.54. The number of hydrogen-bond donors (Lipinski definition) is 3. The van der Waals surface area contributed by atoms with Crippen LogP contribution in [0.25, 0.3) is 0 Å². The van der Waals surface area contributed by atoms with Gasteiger partial charge in [0.2, 0.25) is 0 Å². The number of hydrogen-bond acceptors (Lipinski definition) is 5. The van der Waals surface area contributed by atoms with Gasteiger partial charge < -0.3 is 9.88 Å². The lowest BCUT2D eigenvalue weighted by Gasteiger charge is -2.19. The molecule has 1 saturated heterocycles. The van der Waals surface area contributed by atoms with Crippen molar-refractivity contribution in [3.8, 4) is 0 Å². The minimum absolute atomic E-state index is 0.300. The molecule has 0 bridgehead atoms. The van der Waals surface area contributed by atoms with Gasteiger partial charge in [-0.05, 0) is 22.8 Å². The van der Waals surface area contributed by atoms with Gasteiger partial charge in [0.15, 0.2) is 0 Å². The molecule has 26 heavy (non-hydrogen) atoms. The van der Waals surface area contributed by atoms with Gasteiger partial charge in [-0.25, -0.2) is 10.4 Å². The molecule has 0 aliphatic carbocycles. The van der Waals surface area contributed by atoms with Crippen molar-refractivity contribution in [2.75, 3.05) is 13.1 Å². The summed E-state index contributed by atoms with van der Waals surface area (Å²) in [6, 6.07) is 13.2. The second-order valence-electron chi connectivity index (χ2n) is 6.73. The Bertz CT molecular complexity index is 785. The average Bonchev–Trinajstić information content (AvgIpc) is 3.36. The topological polar surface area (TPSA) is 66.8 Å². The summed E-state index contributed by atoms with van der Waals surface area (Å²) in [5.74, 6) is 0.500. The number of aromatic nitrogens is 3. The standard InChI is InChI=1S/C20H24N6/c1-2-18(11-21-7-1)20-19(13-24-25-20)12-23-10-16-3-5-17(6-4-16)14-26-9-8-22-15-26/h1-9,11,15,19-20,23-25H,10,12-14H2. The summed E-state index contributed by atoms with van der Waals surface area (Å²) in [7, 11) is 0. The molecule has 0 amide bonds. The molecule has 6 nitrogen and oxygen atoms in total. The third-order valence-corrected chi connectivity index (χ3v) is 4.82. The summed E-state index contributed by atoms with van der Waals surface area (Å²) in [5, 5.41) is 3.59. The molecule has 0 radical (unpaired) electrons. The lowest BCUT2D eigenvalue weighted by Crippen LogP contribution is -2.28. The van der Waals surface area contributed by atoms with E-state index in [4.69, 9.17) is 0 Å². The van der Waals surface area contributed by atoms with Gasteiger partial charge in [-0.2, -0.15) is 0 Å². The zero-order chi connectivity index (χ0) is 17.6. The van der Waals surface area contributed by atoms with Crippen molar-refractivity contribution in [2.24, 2.45) is 5.92 Å². The van der Waals surface area contributed by atoms with Gasteiger partial charge in [-0.1, -0.05) is 30.3 Å². The number of nitrogens with zero attached hydrogens (tertiary/aromatic N) is 3. The van der Waals surface area contributed by atoms with E-state index < -0.39 is 0 Å². The molecular weight excluding hydrogens is 324 g/mol. The van der Waals surface area contributed by atoms with Gasteiger partial charge in [0.05, 0.1) is 12.4 Å². The van der Waals surface area contributed by atoms with Crippen LogP contribution < -0.4 is 16.2 Å². The fourth-order valence-corrected chi connectivity index (χ4v) is 3.40. The first kappa shape index (κ1) is 16.9. The van der Waals surface area contributed by atoms with Crippen molar-refractivity contribution in [2.45, 2.75) is 19.1 Å². The van der Waals surface area contributed by atoms with Gasteiger partial charge in [0, 0.05) is 56.9 Å². The molecule has 3 N–H and O–H groups in total. The molecule has 1 aliphatic rings. The summed E-state index contributed by atoms with van der Waals surface area (Å²) in [6.45, 7) is 3.65. The van der Waals surface area contributed by atoms with Crippen LogP contribution in [0, 0.1) is 5.92 Å². The maximum Gasteiger partial charge on any atom is 0.0949 e. The highest BCUT2D eigenvalue weighted by molar-refractivity contribution is 5.23. The molecule has 2 aromatic heterocycles. The molecule has 3 heterocycles. The van der Waals surface area contributed by atoms with Crippen molar-refractivity contribution >= 4 is 0 Å². The number of rotatable bonds is 7. The predicted molar refractivity (Wildman–Crippen MR) is 101 cm³/mol. The highest BCUT2D eigenvalue weighted by atomic mass is 15.4. The third-order valence-electron chi connectivity index (χ3n) is 4.82. The second-order valence-corrected chi connectivity index (χ2v) is 6.73. The largest absolute Gasteiger partial charge is 0.333 e. The Morgan fingerprint density at radius 3 is 2.73 bits per heavy atom. The molecular formula is C20H24N6. The molecule has 4 rings (SSSR count). The highest BCUT2D eigenvalue weighted by Crippen LogP contribution is 2.23. The van der Waals surface area contributed by atoms with Crippen molar-refractivity contribution in [1.29, 1.82) is 0 Å². The van der Waals surface area contributed by atoms with E-state index in [1.165, 1.54) is 16.7 Å². The lowest BCUT2D eigenvalue weighted by atomic mass is 9.96. The van der Waals surface area contributed by atoms with E-state index in [9.17, 15) is 0 Å². The maximum atomic E-state index is 4.23. The predicted octanol–water partition coefficient (Wildman–Crippen LogP) is 1.88. The fraction of sp³-hybridized carbons (Fsp3) is 0.300. The molecule has 0 saturated carbocycles. The van der Waals surface area contributed by atoms with Crippen LogP contribution in [-0.2, 0) is 13.1 Å². The van der Waals surface area contributed by atoms with Crippen LogP contribution in [0.2, 0.25) is 0 Å². The van der Waals surface area contributed by atoms with Crippen LogP contribution in [0.5, 0.6) is 0 Å². The SMILES string of the molecule is c1cncc(C2NNCC2CNCc2ccc(Cn3ccnc3)cc2)c1.